The van der Waals surface area contributed by atoms with Crippen molar-refractivity contribution in [3.63, 3.8) is 0 Å². The van der Waals surface area contributed by atoms with Crippen molar-refractivity contribution < 1.29 is 18.7 Å². The van der Waals surface area contributed by atoms with Crippen LogP contribution in [0.1, 0.15) is 27.4 Å². The minimum absolute atomic E-state index is 0.127. The maximum atomic E-state index is 12.9. The number of allylic oxidation sites excluding steroid dienone is 1. The van der Waals surface area contributed by atoms with Gasteiger partial charge in [0.2, 0.25) is 5.78 Å². The van der Waals surface area contributed by atoms with E-state index in [-0.39, 0.29) is 17.3 Å². The number of hydrogen-bond donors (Lipinski definition) is 1. The Balaban J connectivity index is 1.73. The highest BCUT2D eigenvalue weighted by molar-refractivity contribution is 6.05. The average Bonchev–Trinajstić information content (AvgIpc) is 3.06. The van der Waals surface area contributed by atoms with Crippen LogP contribution < -0.4 is 0 Å². The Morgan fingerprint density at radius 3 is 2.67 bits per heavy atom. The molecule has 0 radical (unpaired) electrons. The second kappa shape index (κ2) is 6.91. The van der Waals surface area contributed by atoms with E-state index in [0.717, 1.165) is 11.6 Å². The summed E-state index contributed by atoms with van der Waals surface area (Å²) in [6.45, 7) is 0. The van der Waals surface area contributed by atoms with Crippen molar-refractivity contribution >= 4 is 11.5 Å². The van der Waals surface area contributed by atoms with Gasteiger partial charge in [-0.15, -0.1) is 0 Å². The second-order valence-electron chi connectivity index (χ2n) is 5.20. The lowest BCUT2D eigenvalue weighted by Gasteiger charge is -1.99. The molecule has 5 heteroatoms. The van der Waals surface area contributed by atoms with Crippen LogP contribution in [0.2, 0.25) is 0 Å². The topological polar surface area (TPSA) is 63.3 Å². The summed E-state index contributed by atoms with van der Waals surface area (Å²) in [5.41, 5.74) is 1.32. The van der Waals surface area contributed by atoms with Gasteiger partial charge in [0.25, 0.3) is 0 Å². The minimum atomic E-state index is -0.443. The van der Waals surface area contributed by atoms with Crippen LogP contribution in [0.5, 0.6) is 0 Å². The van der Waals surface area contributed by atoms with Crippen molar-refractivity contribution in [3.8, 4) is 0 Å². The molecule has 1 aromatic carbocycles. The Kier molecular flexibility index (Phi) is 4.52. The van der Waals surface area contributed by atoms with E-state index in [1.165, 1.54) is 18.3 Å². The lowest BCUT2D eigenvalue weighted by molar-refractivity contribution is 0.101. The summed E-state index contributed by atoms with van der Waals surface area (Å²) in [7, 11) is 0. The third kappa shape index (κ3) is 3.76. The van der Waals surface area contributed by atoms with Crippen LogP contribution in [0.25, 0.3) is 5.76 Å². The molecule has 0 bridgehead atoms. The molecule has 0 saturated heterocycles. The van der Waals surface area contributed by atoms with Crippen molar-refractivity contribution in [3.05, 3.63) is 95.5 Å². The van der Waals surface area contributed by atoms with Crippen LogP contribution >= 0.6 is 0 Å². The number of furan rings is 1. The van der Waals surface area contributed by atoms with E-state index in [0.29, 0.717) is 17.7 Å². The first kappa shape index (κ1) is 15.7. The van der Waals surface area contributed by atoms with E-state index in [1.54, 1.807) is 42.6 Å². The van der Waals surface area contributed by atoms with E-state index >= 15 is 0 Å². The number of rotatable bonds is 5. The van der Waals surface area contributed by atoms with Crippen LogP contribution in [0.4, 0.5) is 4.39 Å². The molecule has 1 N–H and O–H groups in total. The number of aromatic nitrogens is 1. The van der Waals surface area contributed by atoms with Crippen LogP contribution in [-0.4, -0.2) is 15.9 Å². The lowest BCUT2D eigenvalue weighted by atomic mass is 10.1. The zero-order chi connectivity index (χ0) is 16.9. The van der Waals surface area contributed by atoms with Gasteiger partial charge < -0.3 is 9.52 Å². The van der Waals surface area contributed by atoms with E-state index in [9.17, 15) is 14.3 Å². The van der Waals surface area contributed by atoms with Crippen molar-refractivity contribution in [1.29, 1.82) is 0 Å². The average molecular weight is 323 g/mol. The number of halogens is 1. The predicted molar refractivity (Wildman–Crippen MR) is 87.1 cm³/mol. The first-order valence-electron chi connectivity index (χ1n) is 7.30. The standard InChI is InChI=1S/C19H14FNO3/c20-15-5-3-13(4-6-15)10-16-7-8-19(24-16)18(23)11-17(22)14-2-1-9-21-12-14/h1-9,11-12,22H,10H2. The van der Waals surface area contributed by atoms with Crippen LogP contribution in [0.3, 0.4) is 0 Å². The van der Waals surface area contributed by atoms with Gasteiger partial charge in [0, 0.05) is 30.5 Å². The molecular formula is C19H14FNO3. The number of aliphatic hydroxyl groups is 1. The summed E-state index contributed by atoms with van der Waals surface area (Å²) in [6.07, 6.45) is 4.58. The van der Waals surface area contributed by atoms with Crippen molar-refractivity contribution in [2.45, 2.75) is 6.42 Å². The first-order valence-corrected chi connectivity index (χ1v) is 7.30. The summed E-state index contributed by atoms with van der Waals surface area (Å²) in [4.78, 5) is 16.0. The molecule has 3 aromatic rings. The van der Waals surface area contributed by atoms with Gasteiger partial charge in [0.15, 0.2) is 5.76 Å². The highest BCUT2D eigenvalue weighted by Gasteiger charge is 2.11. The van der Waals surface area contributed by atoms with E-state index in [1.807, 2.05) is 0 Å². The molecule has 2 aromatic heterocycles. The number of benzene rings is 1. The number of pyridine rings is 1. The number of carbonyl (C=O) groups is 1. The third-order valence-electron chi connectivity index (χ3n) is 3.42. The molecule has 0 atom stereocenters. The number of ketones is 1. The fraction of sp³-hybridized carbons (Fsp3) is 0.0526. The summed E-state index contributed by atoms with van der Waals surface area (Å²) in [5.74, 6) is -0.210. The van der Waals surface area contributed by atoms with Gasteiger partial charge in [-0.1, -0.05) is 12.1 Å². The number of hydrogen-bond acceptors (Lipinski definition) is 4. The predicted octanol–water partition coefficient (Wildman–Crippen LogP) is 4.19. The maximum absolute atomic E-state index is 12.9. The maximum Gasteiger partial charge on any atom is 0.224 e. The fourth-order valence-corrected chi connectivity index (χ4v) is 2.20. The monoisotopic (exact) mass is 323 g/mol. The third-order valence-corrected chi connectivity index (χ3v) is 3.42. The number of carbonyl (C=O) groups excluding carboxylic acids is 1. The lowest BCUT2D eigenvalue weighted by Crippen LogP contribution is -1.95. The van der Waals surface area contributed by atoms with Crippen LogP contribution in [0.15, 0.2) is 71.4 Å². The van der Waals surface area contributed by atoms with Gasteiger partial charge >= 0.3 is 0 Å². The molecule has 0 aliphatic carbocycles. The SMILES string of the molecule is O=C(C=C(O)c1cccnc1)c1ccc(Cc2ccc(F)cc2)o1. The molecule has 24 heavy (non-hydrogen) atoms. The molecule has 0 saturated carbocycles. The Labute approximate surface area is 137 Å². The number of aliphatic hydroxyl groups excluding tert-OH is 1. The normalized spacial score (nSPS) is 11.5. The van der Waals surface area contributed by atoms with Gasteiger partial charge in [-0.25, -0.2) is 4.39 Å². The van der Waals surface area contributed by atoms with Gasteiger partial charge in [-0.3, -0.25) is 9.78 Å². The van der Waals surface area contributed by atoms with E-state index in [2.05, 4.69) is 4.98 Å². The van der Waals surface area contributed by atoms with Gasteiger partial charge in [0.1, 0.15) is 17.3 Å². The molecule has 0 aliphatic heterocycles. The molecule has 0 aliphatic rings. The Morgan fingerprint density at radius 1 is 1.17 bits per heavy atom. The molecule has 3 rings (SSSR count). The molecule has 0 amide bonds. The first-order chi connectivity index (χ1) is 11.6. The highest BCUT2D eigenvalue weighted by Crippen LogP contribution is 2.16. The summed E-state index contributed by atoms with van der Waals surface area (Å²) >= 11 is 0. The zero-order valence-corrected chi connectivity index (χ0v) is 12.6. The summed E-state index contributed by atoms with van der Waals surface area (Å²) in [6, 6.07) is 12.6. The smallest absolute Gasteiger partial charge is 0.224 e. The summed E-state index contributed by atoms with van der Waals surface area (Å²) < 4.78 is 18.4. The molecular weight excluding hydrogens is 309 g/mol. The van der Waals surface area contributed by atoms with Crippen LogP contribution in [0, 0.1) is 5.82 Å². The van der Waals surface area contributed by atoms with Gasteiger partial charge in [0.05, 0.1) is 0 Å². The second-order valence-corrected chi connectivity index (χ2v) is 5.20. The highest BCUT2D eigenvalue weighted by atomic mass is 19.1. The number of nitrogens with zero attached hydrogens (tertiary/aromatic N) is 1. The molecule has 0 spiro atoms. The molecule has 120 valence electrons. The van der Waals surface area contributed by atoms with Crippen molar-refractivity contribution in [2.75, 3.05) is 0 Å². The molecule has 4 nitrogen and oxygen atoms in total. The Bertz CT molecular complexity index is 867. The molecule has 0 fully saturated rings. The molecule has 2 heterocycles. The quantitative estimate of drug-likeness (QED) is 0.434. The van der Waals surface area contributed by atoms with E-state index in [4.69, 9.17) is 4.42 Å². The largest absolute Gasteiger partial charge is 0.507 e. The van der Waals surface area contributed by atoms with E-state index < -0.39 is 5.78 Å². The summed E-state index contributed by atoms with van der Waals surface area (Å²) in [5, 5.41) is 9.94. The zero-order valence-electron chi connectivity index (χ0n) is 12.6. The molecule has 0 unspecified atom stereocenters. The Morgan fingerprint density at radius 2 is 1.96 bits per heavy atom. The van der Waals surface area contributed by atoms with Crippen LogP contribution in [-0.2, 0) is 6.42 Å². The Hall–Kier alpha value is -3.21. The fourth-order valence-electron chi connectivity index (χ4n) is 2.20. The van der Waals surface area contributed by atoms with Crippen molar-refractivity contribution in [2.24, 2.45) is 0 Å². The van der Waals surface area contributed by atoms with Gasteiger partial charge in [-0.05, 0) is 42.0 Å². The van der Waals surface area contributed by atoms with Gasteiger partial charge in [-0.2, -0.15) is 0 Å². The van der Waals surface area contributed by atoms with Crippen molar-refractivity contribution in [1.82, 2.24) is 4.98 Å². The minimum Gasteiger partial charge on any atom is -0.507 e.